The van der Waals surface area contributed by atoms with Gasteiger partial charge in [-0.2, -0.15) is 0 Å². The summed E-state index contributed by atoms with van der Waals surface area (Å²) in [6.07, 6.45) is 0.467. The van der Waals surface area contributed by atoms with Crippen LogP contribution in [-0.4, -0.2) is 39.5 Å². The van der Waals surface area contributed by atoms with Gasteiger partial charge in [0.2, 0.25) is 0 Å². The van der Waals surface area contributed by atoms with Crippen molar-refractivity contribution in [2.75, 3.05) is 27.4 Å². The second-order valence-electron chi connectivity index (χ2n) is 5.19. The number of carbonyl (C=O) groups excluding carboxylic acids is 1. The van der Waals surface area contributed by atoms with Crippen molar-refractivity contribution in [3.05, 3.63) is 35.4 Å². The van der Waals surface area contributed by atoms with Crippen molar-refractivity contribution < 1.29 is 19.0 Å². The van der Waals surface area contributed by atoms with Gasteiger partial charge in [-0.05, 0) is 24.0 Å². The Bertz CT molecular complexity index is 409. The average Bonchev–Trinajstić information content (AvgIpc) is 2.39. The molecule has 4 heteroatoms. The van der Waals surface area contributed by atoms with E-state index >= 15 is 0 Å². The molecule has 1 rings (SSSR count). The number of benzene rings is 1. The van der Waals surface area contributed by atoms with Gasteiger partial charge in [0, 0.05) is 14.2 Å². The molecule has 0 spiro atoms. The number of ether oxygens (including phenoxy) is 3. The lowest BCUT2D eigenvalue weighted by molar-refractivity contribution is -0.0224. The van der Waals surface area contributed by atoms with Gasteiger partial charge < -0.3 is 14.2 Å². The summed E-state index contributed by atoms with van der Waals surface area (Å²) in [4.78, 5) is 12.3. The highest BCUT2D eigenvalue weighted by molar-refractivity contribution is 5.91. The smallest absolute Gasteiger partial charge is 0.338 e. The lowest BCUT2D eigenvalue weighted by Crippen LogP contribution is -2.28. The molecule has 0 bridgehead atoms. The van der Waals surface area contributed by atoms with Gasteiger partial charge >= 0.3 is 5.97 Å². The van der Waals surface area contributed by atoms with E-state index < -0.39 is 0 Å². The third kappa shape index (κ3) is 5.31. The molecule has 0 saturated carbocycles. The van der Waals surface area contributed by atoms with E-state index in [1.807, 2.05) is 18.2 Å². The Labute approximate surface area is 121 Å². The van der Waals surface area contributed by atoms with Gasteiger partial charge in [0.1, 0.15) is 6.10 Å². The maximum absolute atomic E-state index is 12.3. The summed E-state index contributed by atoms with van der Waals surface area (Å²) in [5.74, 6) is 0.165. The van der Waals surface area contributed by atoms with Crippen molar-refractivity contribution >= 4 is 5.97 Å². The van der Waals surface area contributed by atoms with Crippen LogP contribution < -0.4 is 0 Å². The fraction of sp³-hybridized carbons (Fsp3) is 0.562. The molecule has 0 heterocycles. The van der Waals surface area contributed by atoms with Gasteiger partial charge in [-0.1, -0.05) is 32.0 Å². The van der Waals surface area contributed by atoms with Crippen molar-refractivity contribution in [1.82, 2.24) is 0 Å². The number of rotatable bonds is 8. The van der Waals surface area contributed by atoms with Crippen molar-refractivity contribution in [3.8, 4) is 0 Å². The zero-order valence-electron chi connectivity index (χ0n) is 12.7. The maximum atomic E-state index is 12.3. The normalized spacial score (nSPS) is 11.1. The predicted octanol–water partition coefficient (Wildman–Crippen LogP) is 2.70. The quantitative estimate of drug-likeness (QED) is 0.687. The highest BCUT2D eigenvalue weighted by Crippen LogP contribution is 2.16. The molecule has 0 aliphatic carbocycles. The Morgan fingerprint density at radius 3 is 2.25 bits per heavy atom. The Morgan fingerprint density at radius 2 is 1.70 bits per heavy atom. The molecule has 4 nitrogen and oxygen atoms in total. The largest absolute Gasteiger partial charge is 0.454 e. The van der Waals surface area contributed by atoms with Crippen molar-refractivity contribution in [2.45, 2.75) is 26.4 Å². The average molecular weight is 280 g/mol. The van der Waals surface area contributed by atoms with E-state index in [-0.39, 0.29) is 12.1 Å². The van der Waals surface area contributed by atoms with E-state index in [1.165, 1.54) is 0 Å². The van der Waals surface area contributed by atoms with E-state index in [2.05, 4.69) is 13.8 Å². The number of carbonyl (C=O) groups is 1. The molecule has 0 radical (unpaired) electrons. The third-order valence-electron chi connectivity index (χ3n) is 2.84. The molecule has 112 valence electrons. The van der Waals surface area contributed by atoms with Crippen molar-refractivity contribution in [1.29, 1.82) is 0 Å². The van der Waals surface area contributed by atoms with Crippen LogP contribution in [0.15, 0.2) is 24.3 Å². The van der Waals surface area contributed by atoms with Crippen LogP contribution >= 0.6 is 0 Å². The van der Waals surface area contributed by atoms with Gasteiger partial charge in [0.25, 0.3) is 0 Å². The Kier molecular flexibility index (Phi) is 7.26. The van der Waals surface area contributed by atoms with E-state index in [1.54, 1.807) is 20.3 Å². The van der Waals surface area contributed by atoms with Crippen molar-refractivity contribution in [3.63, 3.8) is 0 Å². The first-order chi connectivity index (χ1) is 9.58. The molecule has 1 aromatic carbocycles. The second kappa shape index (κ2) is 8.72. The van der Waals surface area contributed by atoms with Gasteiger partial charge in [-0.3, -0.25) is 0 Å². The standard InChI is InChI=1S/C16H24O4/c1-12(2)9-13-7-5-6-8-15(13)16(17)20-14(10-18-3)11-19-4/h5-8,12,14H,9-11H2,1-4H3. The number of hydrogen-bond acceptors (Lipinski definition) is 4. The Balaban J connectivity index is 2.80. The first-order valence-corrected chi connectivity index (χ1v) is 6.85. The van der Waals surface area contributed by atoms with Gasteiger partial charge in [-0.15, -0.1) is 0 Å². The maximum Gasteiger partial charge on any atom is 0.338 e. The van der Waals surface area contributed by atoms with Crippen LogP contribution in [0.1, 0.15) is 29.8 Å². The summed E-state index contributed by atoms with van der Waals surface area (Å²) in [7, 11) is 3.15. The van der Waals surface area contributed by atoms with Crippen LogP contribution in [0.5, 0.6) is 0 Å². The number of methoxy groups -OCH3 is 2. The second-order valence-corrected chi connectivity index (χ2v) is 5.19. The van der Waals surface area contributed by atoms with Crippen LogP contribution in [0.25, 0.3) is 0 Å². The number of esters is 1. The fourth-order valence-corrected chi connectivity index (χ4v) is 2.04. The monoisotopic (exact) mass is 280 g/mol. The third-order valence-corrected chi connectivity index (χ3v) is 2.84. The molecular formula is C16H24O4. The molecule has 1 aromatic rings. The molecule has 0 N–H and O–H groups in total. The highest BCUT2D eigenvalue weighted by atomic mass is 16.6. The lowest BCUT2D eigenvalue weighted by Gasteiger charge is -2.17. The molecule has 0 saturated heterocycles. The van der Waals surface area contributed by atoms with E-state index in [0.29, 0.717) is 24.7 Å². The molecular weight excluding hydrogens is 256 g/mol. The first kappa shape index (κ1) is 16.7. The number of hydrogen-bond donors (Lipinski definition) is 0. The van der Waals surface area contributed by atoms with Crippen LogP contribution in [0, 0.1) is 5.92 Å². The predicted molar refractivity (Wildman–Crippen MR) is 77.9 cm³/mol. The minimum Gasteiger partial charge on any atom is -0.454 e. The van der Waals surface area contributed by atoms with Gasteiger partial charge in [0.05, 0.1) is 18.8 Å². The van der Waals surface area contributed by atoms with E-state index in [4.69, 9.17) is 14.2 Å². The first-order valence-electron chi connectivity index (χ1n) is 6.85. The van der Waals surface area contributed by atoms with E-state index in [9.17, 15) is 4.79 Å². The summed E-state index contributed by atoms with van der Waals surface area (Å²) in [6, 6.07) is 7.56. The molecule has 0 fully saturated rings. The summed E-state index contributed by atoms with van der Waals surface area (Å²) in [5.41, 5.74) is 1.64. The Hall–Kier alpha value is -1.39. The van der Waals surface area contributed by atoms with Crippen LogP contribution in [0.2, 0.25) is 0 Å². The topological polar surface area (TPSA) is 44.8 Å². The van der Waals surface area contributed by atoms with Crippen LogP contribution in [-0.2, 0) is 20.6 Å². The summed E-state index contributed by atoms with van der Waals surface area (Å²) >= 11 is 0. The molecule has 0 atom stereocenters. The minimum absolute atomic E-state index is 0.319. The van der Waals surface area contributed by atoms with Gasteiger partial charge in [0.15, 0.2) is 0 Å². The summed E-state index contributed by atoms with van der Waals surface area (Å²) in [6.45, 7) is 4.90. The SMILES string of the molecule is COCC(COC)OC(=O)c1ccccc1CC(C)C. The zero-order valence-corrected chi connectivity index (χ0v) is 12.7. The van der Waals surface area contributed by atoms with Crippen LogP contribution in [0.3, 0.4) is 0 Å². The zero-order chi connectivity index (χ0) is 15.0. The molecule has 0 aromatic heterocycles. The highest BCUT2D eigenvalue weighted by Gasteiger charge is 2.18. The lowest BCUT2D eigenvalue weighted by atomic mass is 9.98. The van der Waals surface area contributed by atoms with E-state index in [0.717, 1.165) is 12.0 Å². The molecule has 0 unspecified atom stereocenters. The summed E-state index contributed by atoms with van der Waals surface area (Å²) < 4.78 is 15.5. The minimum atomic E-state index is -0.385. The Morgan fingerprint density at radius 1 is 1.10 bits per heavy atom. The molecule has 0 amide bonds. The molecule has 0 aliphatic rings. The molecule has 20 heavy (non-hydrogen) atoms. The molecule has 0 aliphatic heterocycles. The van der Waals surface area contributed by atoms with Crippen LogP contribution in [0.4, 0.5) is 0 Å². The van der Waals surface area contributed by atoms with Crippen molar-refractivity contribution in [2.24, 2.45) is 5.92 Å². The van der Waals surface area contributed by atoms with Gasteiger partial charge in [-0.25, -0.2) is 4.79 Å². The summed E-state index contributed by atoms with van der Waals surface area (Å²) in [5, 5.41) is 0. The fourth-order valence-electron chi connectivity index (χ4n) is 2.04.